The Morgan fingerprint density at radius 3 is 2.64 bits per heavy atom. The molecule has 0 bridgehead atoms. The molecule has 232 valence electrons. The summed E-state index contributed by atoms with van der Waals surface area (Å²) in [6.45, 7) is 3.49. The number of methoxy groups -OCH3 is 2. The van der Waals surface area contributed by atoms with Crippen LogP contribution in [0.2, 0.25) is 5.02 Å². The first-order valence-corrected chi connectivity index (χ1v) is 14.8. The van der Waals surface area contributed by atoms with E-state index in [1.807, 2.05) is 31.3 Å². The van der Waals surface area contributed by atoms with Crippen molar-refractivity contribution in [3.8, 4) is 5.75 Å². The third kappa shape index (κ3) is 11.4. The Kier molecular flexibility index (Phi) is 14.9. The summed E-state index contributed by atoms with van der Waals surface area (Å²) < 4.78 is 27.7. The van der Waals surface area contributed by atoms with Crippen LogP contribution in [0.1, 0.15) is 53.3 Å². The summed E-state index contributed by atoms with van der Waals surface area (Å²) in [6.07, 6.45) is 2.71. The molecule has 1 aliphatic rings. The van der Waals surface area contributed by atoms with Crippen LogP contribution < -0.4 is 20.7 Å². The van der Waals surface area contributed by atoms with Crippen LogP contribution in [0, 0.1) is 5.92 Å². The Balaban J connectivity index is 1.82. The van der Waals surface area contributed by atoms with E-state index in [0.29, 0.717) is 54.0 Å². The van der Waals surface area contributed by atoms with Gasteiger partial charge in [-0.3, -0.25) is 4.79 Å². The van der Waals surface area contributed by atoms with E-state index in [0.717, 1.165) is 38.0 Å². The van der Waals surface area contributed by atoms with Gasteiger partial charge in [0.25, 0.3) is 5.91 Å². The van der Waals surface area contributed by atoms with Crippen LogP contribution in [0.3, 0.4) is 0 Å². The molecule has 0 aliphatic carbocycles. The smallest absolute Gasteiger partial charge is 0.406 e. The predicted octanol–water partition coefficient (Wildman–Crippen LogP) is 4.35. The number of alkyl carbamates (subject to hydrolysis) is 1. The Labute approximate surface area is 253 Å². The molecule has 10 nitrogen and oxygen atoms in total. The average Bonchev–Trinajstić information content (AvgIpc) is 3.01. The van der Waals surface area contributed by atoms with E-state index in [9.17, 15) is 9.59 Å². The molecule has 1 aliphatic heterocycles. The summed E-state index contributed by atoms with van der Waals surface area (Å²) in [5.41, 5.74) is 1.97. The molecule has 3 atom stereocenters. The van der Waals surface area contributed by atoms with Crippen molar-refractivity contribution in [2.75, 3.05) is 67.4 Å². The summed E-state index contributed by atoms with van der Waals surface area (Å²) in [7, 11) is 4.86. The zero-order valence-electron chi connectivity index (χ0n) is 24.8. The Morgan fingerprint density at radius 2 is 1.93 bits per heavy atom. The van der Waals surface area contributed by atoms with E-state index in [1.54, 1.807) is 25.3 Å². The number of benzene rings is 2. The van der Waals surface area contributed by atoms with Gasteiger partial charge in [-0.1, -0.05) is 23.7 Å². The van der Waals surface area contributed by atoms with Crippen LogP contribution in [0.5, 0.6) is 5.75 Å². The Morgan fingerprint density at radius 1 is 1.07 bits per heavy atom. The lowest BCUT2D eigenvalue weighted by Gasteiger charge is -2.26. The predicted molar refractivity (Wildman–Crippen MR) is 161 cm³/mol. The molecule has 42 heavy (non-hydrogen) atoms. The SMILES string of the molecule is CN[C@H](CNC(=O)c1cc(OCCCOC)cc([C@H](OCCNC(=O)OC)c2cccc(Cl)c2)c1)C[C@H]1CCCOC1. The quantitative estimate of drug-likeness (QED) is 0.228. The second-order valence-corrected chi connectivity index (χ2v) is 10.7. The molecule has 0 saturated carbocycles. The van der Waals surface area contributed by atoms with Crippen molar-refractivity contribution in [2.24, 2.45) is 5.92 Å². The highest BCUT2D eigenvalue weighted by Gasteiger charge is 2.22. The van der Waals surface area contributed by atoms with Gasteiger partial charge >= 0.3 is 6.09 Å². The van der Waals surface area contributed by atoms with Gasteiger partial charge in [0.2, 0.25) is 0 Å². The first-order chi connectivity index (χ1) is 20.4. The fourth-order valence-electron chi connectivity index (χ4n) is 4.85. The van der Waals surface area contributed by atoms with Gasteiger partial charge in [0.15, 0.2) is 0 Å². The molecular formula is C31H44ClN3O7. The van der Waals surface area contributed by atoms with Gasteiger partial charge in [-0.2, -0.15) is 0 Å². The molecule has 0 spiro atoms. The minimum absolute atomic E-state index is 0.124. The largest absolute Gasteiger partial charge is 0.493 e. The zero-order chi connectivity index (χ0) is 30.2. The second kappa shape index (κ2) is 18.6. The molecule has 1 heterocycles. The van der Waals surface area contributed by atoms with E-state index < -0.39 is 12.2 Å². The monoisotopic (exact) mass is 605 g/mol. The van der Waals surface area contributed by atoms with Crippen molar-refractivity contribution < 1.29 is 33.3 Å². The van der Waals surface area contributed by atoms with Crippen molar-refractivity contribution in [1.29, 1.82) is 0 Å². The minimum atomic E-state index is -0.575. The highest BCUT2D eigenvalue weighted by molar-refractivity contribution is 6.30. The lowest BCUT2D eigenvalue weighted by molar-refractivity contribution is 0.0478. The first-order valence-electron chi connectivity index (χ1n) is 14.4. The summed E-state index contributed by atoms with van der Waals surface area (Å²) in [4.78, 5) is 25.0. The summed E-state index contributed by atoms with van der Waals surface area (Å²) >= 11 is 6.32. The third-order valence-corrected chi connectivity index (χ3v) is 7.27. The normalized spacial score (nSPS) is 16.3. The van der Waals surface area contributed by atoms with E-state index in [4.69, 9.17) is 30.5 Å². The number of carbonyl (C=O) groups excluding carboxylic acids is 2. The Hall–Kier alpha value is -2.89. The van der Waals surface area contributed by atoms with Crippen LogP contribution in [0.25, 0.3) is 0 Å². The Bertz CT molecular complexity index is 1110. The van der Waals surface area contributed by atoms with Crippen LogP contribution in [-0.2, 0) is 18.9 Å². The molecule has 1 saturated heterocycles. The van der Waals surface area contributed by atoms with Crippen LogP contribution in [0.15, 0.2) is 42.5 Å². The zero-order valence-corrected chi connectivity index (χ0v) is 25.5. The summed E-state index contributed by atoms with van der Waals surface area (Å²) in [5.74, 6) is 0.810. The van der Waals surface area contributed by atoms with Gasteiger partial charge < -0.3 is 39.6 Å². The number of hydrogen-bond acceptors (Lipinski definition) is 8. The molecule has 0 unspecified atom stereocenters. The highest BCUT2D eigenvalue weighted by Crippen LogP contribution is 2.31. The van der Waals surface area contributed by atoms with Gasteiger partial charge in [0, 0.05) is 63.1 Å². The molecular weight excluding hydrogens is 562 g/mol. The maximum absolute atomic E-state index is 13.5. The number of amides is 2. The average molecular weight is 606 g/mol. The van der Waals surface area contributed by atoms with Crippen LogP contribution >= 0.6 is 11.6 Å². The molecule has 3 rings (SSSR count). The molecule has 0 radical (unpaired) electrons. The number of ether oxygens (including phenoxy) is 5. The molecule has 11 heteroatoms. The van der Waals surface area contributed by atoms with Gasteiger partial charge in [-0.25, -0.2) is 4.79 Å². The van der Waals surface area contributed by atoms with E-state index in [1.165, 1.54) is 7.11 Å². The molecule has 2 amide bonds. The molecule has 3 N–H and O–H groups in total. The van der Waals surface area contributed by atoms with Crippen molar-refractivity contribution in [3.63, 3.8) is 0 Å². The van der Waals surface area contributed by atoms with E-state index in [2.05, 4.69) is 20.7 Å². The summed E-state index contributed by atoms with van der Waals surface area (Å²) in [5, 5.41) is 9.59. The van der Waals surface area contributed by atoms with E-state index in [-0.39, 0.29) is 25.1 Å². The number of rotatable bonds is 17. The lowest BCUT2D eigenvalue weighted by Crippen LogP contribution is -2.41. The molecule has 2 aromatic rings. The standard InChI is InChI=1S/C31H44ClN3O7/c1-33-27(15-22-7-5-12-40-21-22)20-35-30(36)25-16-24(18-28(19-25)41-13-6-11-38-2)29(23-8-4-9-26(32)17-23)42-14-10-34-31(37)39-3/h4,8-9,16-19,22,27,29,33H,5-7,10-15,20-21H2,1-3H3,(H,34,37)(H,35,36)/t22-,27+,29-/m1/s1. The topological polar surface area (TPSA) is 116 Å². The number of halogens is 1. The van der Waals surface area contributed by atoms with E-state index >= 15 is 0 Å². The summed E-state index contributed by atoms with van der Waals surface area (Å²) in [6, 6.07) is 12.9. The van der Waals surface area contributed by atoms with Crippen molar-refractivity contribution >= 4 is 23.6 Å². The molecule has 2 aromatic carbocycles. The van der Waals surface area contributed by atoms with Gasteiger partial charge in [0.05, 0.1) is 20.3 Å². The second-order valence-electron chi connectivity index (χ2n) is 10.2. The van der Waals surface area contributed by atoms with Crippen LogP contribution in [0.4, 0.5) is 4.79 Å². The molecule has 0 aromatic heterocycles. The number of carbonyl (C=O) groups is 2. The van der Waals surface area contributed by atoms with Crippen LogP contribution in [-0.4, -0.2) is 85.4 Å². The fourth-order valence-corrected chi connectivity index (χ4v) is 5.05. The van der Waals surface area contributed by atoms with Gasteiger partial charge in [0.1, 0.15) is 11.9 Å². The maximum atomic E-state index is 13.5. The number of hydrogen-bond donors (Lipinski definition) is 3. The first kappa shape index (κ1) is 33.6. The number of nitrogens with one attached hydrogen (secondary N) is 3. The highest BCUT2D eigenvalue weighted by atomic mass is 35.5. The fraction of sp³-hybridized carbons (Fsp3) is 0.548. The molecule has 1 fully saturated rings. The lowest BCUT2D eigenvalue weighted by atomic mass is 9.94. The van der Waals surface area contributed by atoms with Gasteiger partial charge in [-0.15, -0.1) is 0 Å². The maximum Gasteiger partial charge on any atom is 0.406 e. The van der Waals surface area contributed by atoms with Crippen molar-refractivity contribution in [2.45, 2.75) is 37.8 Å². The third-order valence-electron chi connectivity index (χ3n) is 7.04. The minimum Gasteiger partial charge on any atom is -0.493 e. The van der Waals surface area contributed by atoms with Gasteiger partial charge in [-0.05, 0) is 73.7 Å². The number of likely N-dealkylation sites (N-methyl/N-ethyl adjacent to an activating group) is 1. The van der Waals surface area contributed by atoms with Crippen molar-refractivity contribution in [1.82, 2.24) is 16.0 Å². The van der Waals surface area contributed by atoms with Crippen molar-refractivity contribution in [3.05, 3.63) is 64.2 Å².